The van der Waals surface area contributed by atoms with Gasteiger partial charge in [0.05, 0.1) is 6.20 Å². The Kier molecular flexibility index (Phi) is 7.65. The van der Waals surface area contributed by atoms with Crippen molar-refractivity contribution in [1.29, 1.82) is 0 Å². The number of benzene rings is 2. The molecule has 8 nitrogen and oxygen atoms in total. The molecule has 6 rings (SSSR count). The minimum absolute atomic E-state index is 0.377. The Morgan fingerprint density at radius 2 is 1.71 bits per heavy atom. The molecule has 1 saturated heterocycles. The summed E-state index contributed by atoms with van der Waals surface area (Å²) in [7, 11) is 0. The molecule has 0 bridgehead atoms. The standard InChI is InChI=1S/C33H34N8/c1-23(2)41-20-17-36-33(41)30(27-7-5-4-6-8-27)24(3)26-11-9-25(10-12-26)22-40-18-13-28(14-19-40)31-37-32(39-38-31)29-21-34-15-16-35-29/h4-12,15-17,20-21,28H,1,13-14,18-19,22H2,2-3H3,(H,37,38,39)/b30-24+. The lowest BCUT2D eigenvalue weighted by molar-refractivity contribution is 0.202. The molecule has 3 aromatic heterocycles. The van der Waals surface area contributed by atoms with Gasteiger partial charge in [-0.15, -0.1) is 0 Å². The molecule has 0 radical (unpaired) electrons. The summed E-state index contributed by atoms with van der Waals surface area (Å²) in [5.74, 6) is 2.84. The topological polar surface area (TPSA) is 88.4 Å². The lowest BCUT2D eigenvalue weighted by Gasteiger charge is -2.31. The van der Waals surface area contributed by atoms with Gasteiger partial charge >= 0.3 is 0 Å². The number of allylic oxidation sites excluding steroid dienone is 2. The van der Waals surface area contributed by atoms with E-state index in [1.165, 1.54) is 16.7 Å². The summed E-state index contributed by atoms with van der Waals surface area (Å²) in [6.45, 7) is 11.3. The third-order valence-corrected chi connectivity index (χ3v) is 7.78. The molecular formula is C33H34N8. The van der Waals surface area contributed by atoms with Crippen LogP contribution >= 0.6 is 0 Å². The number of aromatic nitrogens is 7. The number of rotatable bonds is 8. The minimum Gasteiger partial charge on any atom is -0.304 e. The van der Waals surface area contributed by atoms with Crippen molar-refractivity contribution in [3.63, 3.8) is 0 Å². The molecule has 0 atom stereocenters. The van der Waals surface area contributed by atoms with E-state index >= 15 is 0 Å². The van der Waals surface area contributed by atoms with E-state index in [4.69, 9.17) is 9.97 Å². The fraction of sp³-hybridized carbons (Fsp3) is 0.242. The maximum atomic E-state index is 4.72. The number of H-pyrrole nitrogens is 1. The van der Waals surface area contributed by atoms with Gasteiger partial charge in [0.1, 0.15) is 17.3 Å². The monoisotopic (exact) mass is 542 g/mol. The molecule has 1 fully saturated rings. The van der Waals surface area contributed by atoms with Crippen LogP contribution in [-0.4, -0.2) is 52.7 Å². The van der Waals surface area contributed by atoms with Gasteiger partial charge in [-0.3, -0.25) is 15.0 Å². The highest BCUT2D eigenvalue weighted by Crippen LogP contribution is 2.33. The van der Waals surface area contributed by atoms with Crippen molar-refractivity contribution in [1.82, 2.24) is 39.6 Å². The Hall–Kier alpha value is -4.69. The summed E-state index contributed by atoms with van der Waals surface area (Å²) in [5, 5.41) is 7.50. The zero-order valence-corrected chi connectivity index (χ0v) is 23.5. The first-order valence-electron chi connectivity index (χ1n) is 14.0. The van der Waals surface area contributed by atoms with Crippen molar-refractivity contribution in [3.05, 3.63) is 120 Å². The summed E-state index contributed by atoms with van der Waals surface area (Å²) in [4.78, 5) is 20.4. The molecule has 1 aliphatic heterocycles. The second-order valence-electron chi connectivity index (χ2n) is 10.6. The minimum atomic E-state index is 0.377. The molecule has 0 amide bonds. The molecule has 8 heteroatoms. The van der Waals surface area contributed by atoms with E-state index in [9.17, 15) is 0 Å². The Balaban J connectivity index is 1.14. The summed E-state index contributed by atoms with van der Waals surface area (Å²) >= 11 is 0. The SMILES string of the molecule is C=C(C)n1ccnc1/C(=C(\C)c1ccc(CN2CCC(c3nc(-c4cnccn4)n[nH]3)CC2)cc1)c1ccccc1. The smallest absolute Gasteiger partial charge is 0.201 e. The predicted molar refractivity (Wildman–Crippen MR) is 162 cm³/mol. The average molecular weight is 543 g/mol. The first kappa shape index (κ1) is 26.5. The Morgan fingerprint density at radius 3 is 2.41 bits per heavy atom. The third-order valence-electron chi connectivity index (χ3n) is 7.78. The van der Waals surface area contributed by atoms with Crippen molar-refractivity contribution in [3.8, 4) is 11.5 Å². The normalized spacial score (nSPS) is 15.1. The Bertz CT molecular complexity index is 1640. The van der Waals surface area contributed by atoms with Crippen LogP contribution in [0.1, 0.15) is 60.9 Å². The maximum Gasteiger partial charge on any atom is 0.201 e. The van der Waals surface area contributed by atoms with Crippen molar-refractivity contribution in [2.24, 2.45) is 0 Å². The predicted octanol–water partition coefficient (Wildman–Crippen LogP) is 6.31. The highest BCUT2D eigenvalue weighted by atomic mass is 15.2. The summed E-state index contributed by atoms with van der Waals surface area (Å²) in [5.41, 5.74) is 7.57. The first-order chi connectivity index (χ1) is 20.1. The number of hydrogen-bond donors (Lipinski definition) is 1. The van der Waals surface area contributed by atoms with Crippen molar-refractivity contribution < 1.29 is 0 Å². The van der Waals surface area contributed by atoms with Crippen molar-refractivity contribution >= 4 is 16.8 Å². The summed E-state index contributed by atoms with van der Waals surface area (Å²) in [6, 6.07) is 19.4. The molecule has 0 saturated carbocycles. The largest absolute Gasteiger partial charge is 0.304 e. The molecule has 4 heterocycles. The van der Waals surface area contributed by atoms with Gasteiger partial charge in [-0.05, 0) is 62.0 Å². The summed E-state index contributed by atoms with van der Waals surface area (Å²) < 4.78 is 2.05. The molecule has 2 aromatic carbocycles. The number of likely N-dealkylation sites (tertiary alicyclic amines) is 1. The van der Waals surface area contributed by atoms with Gasteiger partial charge in [0, 0.05) is 48.5 Å². The zero-order chi connectivity index (χ0) is 28.2. The molecule has 41 heavy (non-hydrogen) atoms. The van der Waals surface area contributed by atoms with Crippen LogP contribution in [0.4, 0.5) is 0 Å². The number of nitrogens with zero attached hydrogens (tertiary/aromatic N) is 7. The van der Waals surface area contributed by atoms with E-state index in [1.807, 2.05) is 25.4 Å². The van der Waals surface area contributed by atoms with E-state index in [2.05, 4.69) is 91.7 Å². The van der Waals surface area contributed by atoms with Crippen LogP contribution in [0.25, 0.3) is 28.4 Å². The Labute approximate surface area is 240 Å². The molecule has 206 valence electrons. The average Bonchev–Trinajstić information content (AvgIpc) is 3.70. The quantitative estimate of drug-likeness (QED) is 0.231. The Morgan fingerprint density at radius 1 is 0.927 bits per heavy atom. The second-order valence-corrected chi connectivity index (χ2v) is 10.6. The highest BCUT2D eigenvalue weighted by Gasteiger charge is 2.24. The highest BCUT2D eigenvalue weighted by molar-refractivity contribution is 5.96. The van der Waals surface area contributed by atoms with Gasteiger partial charge in [0.2, 0.25) is 5.82 Å². The van der Waals surface area contributed by atoms with E-state index < -0.39 is 0 Å². The van der Waals surface area contributed by atoms with Crippen LogP contribution in [0.3, 0.4) is 0 Å². The van der Waals surface area contributed by atoms with Crippen LogP contribution in [-0.2, 0) is 6.54 Å². The fourth-order valence-electron chi connectivity index (χ4n) is 5.53. The molecule has 0 spiro atoms. The fourth-order valence-corrected chi connectivity index (χ4v) is 5.53. The van der Waals surface area contributed by atoms with Gasteiger partial charge in [-0.2, -0.15) is 5.10 Å². The number of hydrogen-bond acceptors (Lipinski definition) is 6. The first-order valence-corrected chi connectivity index (χ1v) is 14.0. The number of nitrogens with one attached hydrogen (secondary N) is 1. The van der Waals surface area contributed by atoms with Gasteiger partial charge in [-0.25, -0.2) is 15.0 Å². The van der Waals surface area contributed by atoms with Crippen molar-refractivity contribution in [2.75, 3.05) is 13.1 Å². The van der Waals surface area contributed by atoms with Crippen LogP contribution in [0.5, 0.6) is 0 Å². The molecule has 5 aromatic rings. The lowest BCUT2D eigenvalue weighted by atomic mass is 9.94. The number of piperidine rings is 1. The van der Waals surface area contributed by atoms with Gasteiger partial charge in [-0.1, -0.05) is 61.2 Å². The van der Waals surface area contributed by atoms with Crippen LogP contribution < -0.4 is 0 Å². The zero-order valence-electron chi connectivity index (χ0n) is 23.5. The summed E-state index contributed by atoms with van der Waals surface area (Å²) in [6.07, 6.45) is 10.9. The number of imidazole rings is 1. The van der Waals surface area contributed by atoms with E-state index in [0.29, 0.717) is 17.4 Å². The number of aromatic amines is 1. The van der Waals surface area contributed by atoms with Crippen LogP contribution in [0, 0.1) is 0 Å². The van der Waals surface area contributed by atoms with E-state index in [1.54, 1.807) is 18.6 Å². The lowest BCUT2D eigenvalue weighted by Crippen LogP contribution is -2.32. The third kappa shape index (κ3) is 5.78. The van der Waals surface area contributed by atoms with E-state index in [0.717, 1.165) is 61.0 Å². The molecule has 0 aliphatic carbocycles. The van der Waals surface area contributed by atoms with E-state index in [-0.39, 0.29) is 0 Å². The van der Waals surface area contributed by atoms with Crippen molar-refractivity contribution in [2.45, 2.75) is 39.2 Å². The molecule has 1 aliphatic rings. The van der Waals surface area contributed by atoms with Crippen LogP contribution in [0.2, 0.25) is 0 Å². The van der Waals surface area contributed by atoms with Gasteiger partial charge in [0.25, 0.3) is 0 Å². The molecule has 1 N–H and O–H groups in total. The second kappa shape index (κ2) is 11.8. The maximum absolute atomic E-state index is 4.72. The molecular weight excluding hydrogens is 508 g/mol. The van der Waals surface area contributed by atoms with Crippen LogP contribution in [0.15, 0.2) is 92.2 Å². The van der Waals surface area contributed by atoms with Gasteiger partial charge < -0.3 is 4.57 Å². The molecule has 0 unspecified atom stereocenters. The van der Waals surface area contributed by atoms with Gasteiger partial charge in [0.15, 0.2) is 0 Å².